The minimum Gasteiger partial charge on any atom is -0.483 e. The minimum atomic E-state index is -0.240. The average Bonchev–Trinajstić information content (AvgIpc) is 3.20. The number of benzene rings is 3. The van der Waals surface area contributed by atoms with Crippen molar-refractivity contribution in [1.82, 2.24) is 5.32 Å². The number of para-hydroxylation sites is 1. The zero-order chi connectivity index (χ0) is 20.8. The highest BCUT2D eigenvalue weighted by Gasteiger charge is 2.20. The lowest BCUT2D eigenvalue weighted by atomic mass is 10.0. The Bertz CT molecular complexity index is 1020. The largest absolute Gasteiger partial charge is 0.483 e. The Balaban J connectivity index is 1.33. The van der Waals surface area contributed by atoms with Crippen molar-refractivity contribution in [2.24, 2.45) is 0 Å². The lowest BCUT2D eigenvalue weighted by molar-refractivity contribution is -0.118. The van der Waals surface area contributed by atoms with Crippen molar-refractivity contribution in [2.45, 2.75) is 6.42 Å². The van der Waals surface area contributed by atoms with Crippen molar-refractivity contribution in [2.75, 3.05) is 29.9 Å². The van der Waals surface area contributed by atoms with E-state index in [4.69, 9.17) is 4.74 Å². The van der Waals surface area contributed by atoms with Crippen LogP contribution in [0.15, 0.2) is 78.9 Å². The van der Waals surface area contributed by atoms with Gasteiger partial charge in [0, 0.05) is 30.9 Å². The Morgan fingerprint density at radius 3 is 2.43 bits per heavy atom. The molecule has 6 heteroatoms. The summed E-state index contributed by atoms with van der Waals surface area (Å²) in [6, 6.07) is 25.0. The molecule has 1 aliphatic heterocycles. The Morgan fingerprint density at radius 2 is 1.70 bits per heavy atom. The van der Waals surface area contributed by atoms with Gasteiger partial charge in [-0.05, 0) is 41.5 Å². The highest BCUT2D eigenvalue weighted by Crippen LogP contribution is 2.22. The molecule has 0 bridgehead atoms. The number of nitrogens with one attached hydrogen (secondary N) is 2. The summed E-state index contributed by atoms with van der Waals surface area (Å²) in [5.74, 6) is 0.461. The van der Waals surface area contributed by atoms with Crippen molar-refractivity contribution < 1.29 is 14.3 Å². The van der Waals surface area contributed by atoms with E-state index in [2.05, 4.69) is 22.8 Å². The second kappa shape index (κ2) is 9.13. The SMILES string of the molecule is O=C(COc1ccccc1Cc1ccccc1)Nc1ccc(N2CCNC2=O)cc1. The lowest BCUT2D eigenvalue weighted by Gasteiger charge is -2.15. The minimum absolute atomic E-state index is 0.0813. The Hall–Kier alpha value is -3.80. The van der Waals surface area contributed by atoms with E-state index in [1.165, 1.54) is 5.56 Å². The molecule has 0 aliphatic carbocycles. The quantitative estimate of drug-likeness (QED) is 0.632. The van der Waals surface area contributed by atoms with Crippen LogP contribution in [-0.4, -0.2) is 31.6 Å². The molecule has 0 spiro atoms. The maximum Gasteiger partial charge on any atom is 0.321 e. The summed E-state index contributed by atoms with van der Waals surface area (Å²) >= 11 is 0. The molecule has 6 nitrogen and oxygen atoms in total. The van der Waals surface area contributed by atoms with Crippen LogP contribution in [0.3, 0.4) is 0 Å². The van der Waals surface area contributed by atoms with E-state index in [1.807, 2.05) is 54.6 Å². The molecule has 3 amide bonds. The van der Waals surface area contributed by atoms with Gasteiger partial charge >= 0.3 is 6.03 Å². The maximum atomic E-state index is 12.3. The van der Waals surface area contributed by atoms with Gasteiger partial charge in [0.25, 0.3) is 5.91 Å². The molecule has 1 fully saturated rings. The van der Waals surface area contributed by atoms with Crippen LogP contribution < -0.4 is 20.3 Å². The predicted octanol–water partition coefficient (Wildman–Crippen LogP) is 3.82. The molecule has 0 atom stereocenters. The van der Waals surface area contributed by atoms with Crippen LogP contribution in [-0.2, 0) is 11.2 Å². The molecular weight excluding hydrogens is 378 g/mol. The van der Waals surface area contributed by atoms with E-state index in [9.17, 15) is 9.59 Å². The summed E-state index contributed by atoms with van der Waals surface area (Å²) in [4.78, 5) is 25.7. The van der Waals surface area contributed by atoms with Gasteiger partial charge < -0.3 is 15.4 Å². The summed E-state index contributed by atoms with van der Waals surface area (Å²) in [5, 5.41) is 5.59. The summed E-state index contributed by atoms with van der Waals surface area (Å²) in [5.41, 5.74) is 3.67. The number of hydrogen-bond acceptors (Lipinski definition) is 3. The van der Waals surface area contributed by atoms with Crippen LogP contribution >= 0.6 is 0 Å². The smallest absolute Gasteiger partial charge is 0.321 e. The molecule has 1 saturated heterocycles. The van der Waals surface area contributed by atoms with Crippen LogP contribution in [0.25, 0.3) is 0 Å². The first kappa shape index (κ1) is 19.5. The average molecular weight is 401 g/mol. The highest BCUT2D eigenvalue weighted by molar-refractivity contribution is 5.95. The van der Waals surface area contributed by atoms with Gasteiger partial charge in [-0.1, -0.05) is 48.5 Å². The van der Waals surface area contributed by atoms with Crippen LogP contribution in [0.1, 0.15) is 11.1 Å². The van der Waals surface area contributed by atoms with Crippen LogP contribution in [0.2, 0.25) is 0 Å². The van der Waals surface area contributed by atoms with Crippen LogP contribution in [0.4, 0.5) is 16.2 Å². The number of carbonyl (C=O) groups is 2. The third kappa shape index (κ3) is 4.78. The van der Waals surface area contributed by atoms with Crippen molar-refractivity contribution in [3.05, 3.63) is 90.0 Å². The number of hydrogen-bond donors (Lipinski definition) is 2. The van der Waals surface area contributed by atoms with Crippen molar-refractivity contribution in [3.8, 4) is 5.75 Å². The standard InChI is InChI=1S/C24H23N3O3/c28-23(26-20-10-12-21(13-11-20)27-15-14-25-24(27)29)17-30-22-9-5-4-8-19(22)16-18-6-2-1-3-7-18/h1-13H,14-17H2,(H,25,29)(H,26,28). The molecule has 1 heterocycles. The fraction of sp³-hybridized carbons (Fsp3) is 0.167. The van der Waals surface area contributed by atoms with E-state index < -0.39 is 0 Å². The number of urea groups is 1. The summed E-state index contributed by atoms with van der Waals surface area (Å²) in [7, 11) is 0. The molecule has 2 N–H and O–H groups in total. The second-order valence-electron chi connectivity index (χ2n) is 7.04. The number of ether oxygens (including phenoxy) is 1. The van der Waals surface area contributed by atoms with Gasteiger partial charge in [0.1, 0.15) is 5.75 Å². The van der Waals surface area contributed by atoms with Crippen LogP contribution in [0.5, 0.6) is 5.75 Å². The number of carbonyl (C=O) groups excluding carboxylic acids is 2. The fourth-order valence-electron chi connectivity index (χ4n) is 3.39. The van der Waals surface area contributed by atoms with Gasteiger partial charge in [0.2, 0.25) is 0 Å². The highest BCUT2D eigenvalue weighted by atomic mass is 16.5. The molecule has 0 radical (unpaired) electrons. The molecule has 3 aromatic rings. The molecule has 3 aromatic carbocycles. The van der Waals surface area contributed by atoms with E-state index in [1.54, 1.807) is 17.0 Å². The normalized spacial score (nSPS) is 13.1. The molecule has 152 valence electrons. The van der Waals surface area contributed by atoms with E-state index in [0.717, 1.165) is 17.7 Å². The van der Waals surface area contributed by atoms with E-state index in [-0.39, 0.29) is 18.5 Å². The monoisotopic (exact) mass is 401 g/mol. The molecule has 0 saturated carbocycles. The molecule has 4 rings (SSSR count). The predicted molar refractivity (Wildman–Crippen MR) is 117 cm³/mol. The summed E-state index contributed by atoms with van der Waals surface area (Å²) < 4.78 is 5.79. The number of rotatable bonds is 7. The molecule has 30 heavy (non-hydrogen) atoms. The second-order valence-corrected chi connectivity index (χ2v) is 7.04. The Morgan fingerprint density at radius 1 is 0.967 bits per heavy atom. The van der Waals surface area contributed by atoms with Gasteiger partial charge in [-0.15, -0.1) is 0 Å². The maximum absolute atomic E-state index is 12.3. The van der Waals surface area contributed by atoms with Crippen molar-refractivity contribution in [1.29, 1.82) is 0 Å². The van der Waals surface area contributed by atoms with Gasteiger partial charge in [-0.3, -0.25) is 9.69 Å². The number of nitrogens with zero attached hydrogens (tertiary/aromatic N) is 1. The number of anilines is 2. The third-order valence-corrected chi connectivity index (χ3v) is 4.89. The van der Waals surface area contributed by atoms with Gasteiger partial charge in [-0.2, -0.15) is 0 Å². The first-order chi connectivity index (χ1) is 14.7. The topological polar surface area (TPSA) is 70.7 Å². The van der Waals surface area contributed by atoms with Crippen molar-refractivity contribution >= 4 is 23.3 Å². The summed E-state index contributed by atoms with van der Waals surface area (Å²) in [6.45, 7) is 1.20. The third-order valence-electron chi connectivity index (χ3n) is 4.89. The van der Waals surface area contributed by atoms with Crippen molar-refractivity contribution in [3.63, 3.8) is 0 Å². The van der Waals surface area contributed by atoms with Gasteiger partial charge in [0.15, 0.2) is 6.61 Å². The number of amides is 3. The van der Waals surface area contributed by atoms with Crippen LogP contribution in [0, 0.1) is 0 Å². The first-order valence-corrected chi connectivity index (χ1v) is 9.89. The van der Waals surface area contributed by atoms with E-state index in [0.29, 0.717) is 24.5 Å². The van der Waals surface area contributed by atoms with Gasteiger partial charge in [0.05, 0.1) is 0 Å². The molecule has 0 aromatic heterocycles. The summed E-state index contributed by atoms with van der Waals surface area (Å²) in [6.07, 6.45) is 0.740. The van der Waals surface area contributed by atoms with E-state index >= 15 is 0 Å². The molecule has 0 unspecified atom stereocenters. The Kier molecular flexibility index (Phi) is 5.94. The zero-order valence-electron chi connectivity index (χ0n) is 16.5. The molecule has 1 aliphatic rings. The fourth-order valence-corrected chi connectivity index (χ4v) is 3.39. The van der Waals surface area contributed by atoms with Gasteiger partial charge in [-0.25, -0.2) is 4.79 Å². The first-order valence-electron chi connectivity index (χ1n) is 9.89. The Labute approximate surface area is 175 Å². The zero-order valence-corrected chi connectivity index (χ0v) is 16.5. The lowest BCUT2D eigenvalue weighted by Crippen LogP contribution is -2.27. The molecular formula is C24H23N3O3.